The van der Waals surface area contributed by atoms with E-state index in [9.17, 15) is 4.79 Å². The summed E-state index contributed by atoms with van der Waals surface area (Å²) in [5.41, 5.74) is 0. The summed E-state index contributed by atoms with van der Waals surface area (Å²) in [5, 5.41) is 0. The lowest BCUT2D eigenvalue weighted by molar-refractivity contribution is -0.105. The highest BCUT2D eigenvalue weighted by Crippen LogP contribution is 2.10. The Kier molecular flexibility index (Phi) is 12.4. The van der Waals surface area contributed by atoms with Crippen molar-refractivity contribution in [2.24, 2.45) is 0 Å². The van der Waals surface area contributed by atoms with Gasteiger partial charge >= 0.3 is 0 Å². The zero-order valence-electron chi connectivity index (χ0n) is 9.63. The van der Waals surface area contributed by atoms with Crippen LogP contribution in [-0.2, 0) is 4.79 Å². The van der Waals surface area contributed by atoms with Gasteiger partial charge in [-0.2, -0.15) is 0 Å². The Morgan fingerprint density at radius 1 is 0.786 bits per heavy atom. The Hall–Kier alpha value is -0.330. The largest absolute Gasteiger partial charge is 0.303 e. The molecule has 0 saturated heterocycles. The van der Waals surface area contributed by atoms with Gasteiger partial charge in [0.05, 0.1) is 0 Å². The molecule has 0 fully saturated rings. The van der Waals surface area contributed by atoms with Crippen molar-refractivity contribution >= 4 is 6.29 Å². The monoisotopic (exact) mass is 197 g/mol. The molecule has 0 atom stereocenters. The second-order valence-electron chi connectivity index (χ2n) is 3.99. The van der Waals surface area contributed by atoms with Crippen LogP contribution in [0.2, 0.25) is 0 Å². The van der Waals surface area contributed by atoms with Crippen LogP contribution in [0.25, 0.3) is 0 Å². The quantitative estimate of drug-likeness (QED) is 0.356. The zero-order valence-corrected chi connectivity index (χ0v) is 9.63. The molecule has 0 bridgehead atoms. The third-order valence-corrected chi connectivity index (χ3v) is 2.57. The SMILES string of the molecule is CCCCCCCCCCC[CH]C=O. The summed E-state index contributed by atoms with van der Waals surface area (Å²) in [6.07, 6.45) is 15.8. The Labute approximate surface area is 89.3 Å². The van der Waals surface area contributed by atoms with E-state index >= 15 is 0 Å². The lowest BCUT2D eigenvalue weighted by Crippen LogP contribution is -1.82. The number of carbonyl (C=O) groups excluding carboxylic acids is 1. The lowest BCUT2D eigenvalue weighted by atomic mass is 10.1. The van der Waals surface area contributed by atoms with Gasteiger partial charge in [-0.3, -0.25) is 0 Å². The Morgan fingerprint density at radius 3 is 1.79 bits per heavy atom. The smallest absolute Gasteiger partial charge is 0.123 e. The zero-order chi connectivity index (χ0) is 10.5. The van der Waals surface area contributed by atoms with Crippen LogP contribution in [-0.4, -0.2) is 6.29 Å². The predicted octanol–water partition coefficient (Wildman–Crippen LogP) is 4.31. The van der Waals surface area contributed by atoms with Crippen LogP contribution < -0.4 is 0 Å². The highest BCUT2D eigenvalue weighted by atomic mass is 16.1. The first-order chi connectivity index (χ1) is 6.91. The molecule has 0 aliphatic rings. The summed E-state index contributed by atoms with van der Waals surface area (Å²) >= 11 is 0. The van der Waals surface area contributed by atoms with Crippen molar-refractivity contribution in [1.82, 2.24) is 0 Å². The fourth-order valence-electron chi connectivity index (χ4n) is 1.64. The summed E-state index contributed by atoms with van der Waals surface area (Å²) in [6.45, 7) is 2.25. The van der Waals surface area contributed by atoms with Crippen LogP contribution in [0.4, 0.5) is 0 Å². The third kappa shape index (κ3) is 11.7. The molecule has 0 spiro atoms. The van der Waals surface area contributed by atoms with Gasteiger partial charge in [0.25, 0.3) is 0 Å². The van der Waals surface area contributed by atoms with Crippen LogP contribution in [0.1, 0.15) is 71.1 Å². The van der Waals surface area contributed by atoms with Gasteiger partial charge in [-0.25, -0.2) is 0 Å². The molecule has 0 aromatic rings. The van der Waals surface area contributed by atoms with Crippen molar-refractivity contribution in [3.8, 4) is 0 Å². The molecule has 0 aromatic heterocycles. The summed E-state index contributed by atoms with van der Waals surface area (Å²) in [4.78, 5) is 9.98. The predicted molar refractivity (Wildman–Crippen MR) is 62.2 cm³/mol. The van der Waals surface area contributed by atoms with Crippen molar-refractivity contribution in [1.29, 1.82) is 0 Å². The molecule has 0 aliphatic carbocycles. The van der Waals surface area contributed by atoms with Crippen LogP contribution in [0, 0.1) is 6.42 Å². The second kappa shape index (κ2) is 12.7. The average molecular weight is 197 g/mol. The molecule has 0 amide bonds. The van der Waals surface area contributed by atoms with E-state index in [0.717, 1.165) is 12.7 Å². The molecular weight excluding hydrogens is 172 g/mol. The molecule has 83 valence electrons. The van der Waals surface area contributed by atoms with Gasteiger partial charge < -0.3 is 4.79 Å². The standard InChI is InChI=1S/C13H25O/c1-2-3-4-5-6-7-8-9-10-11-12-13-14/h12-13H,2-11H2,1H3. The van der Waals surface area contributed by atoms with E-state index in [1.807, 2.05) is 0 Å². The maximum absolute atomic E-state index is 9.98. The van der Waals surface area contributed by atoms with Gasteiger partial charge in [0, 0.05) is 6.42 Å². The van der Waals surface area contributed by atoms with Gasteiger partial charge in [0.2, 0.25) is 0 Å². The van der Waals surface area contributed by atoms with Crippen molar-refractivity contribution < 1.29 is 4.79 Å². The van der Waals surface area contributed by atoms with Crippen molar-refractivity contribution in [3.05, 3.63) is 6.42 Å². The van der Waals surface area contributed by atoms with E-state index in [0.29, 0.717) is 0 Å². The molecule has 1 radical (unpaired) electrons. The molecule has 0 saturated carbocycles. The lowest BCUT2D eigenvalue weighted by Gasteiger charge is -2.00. The summed E-state index contributed by atoms with van der Waals surface area (Å²) < 4.78 is 0. The minimum atomic E-state index is 0.907. The minimum Gasteiger partial charge on any atom is -0.303 e. The number of unbranched alkanes of at least 4 members (excludes halogenated alkanes) is 10. The summed E-state index contributed by atoms with van der Waals surface area (Å²) in [7, 11) is 0. The van der Waals surface area contributed by atoms with Crippen molar-refractivity contribution in [3.63, 3.8) is 0 Å². The number of hydrogen-bond donors (Lipinski definition) is 0. The van der Waals surface area contributed by atoms with E-state index in [2.05, 4.69) is 6.92 Å². The van der Waals surface area contributed by atoms with E-state index < -0.39 is 0 Å². The maximum Gasteiger partial charge on any atom is 0.123 e. The highest BCUT2D eigenvalue weighted by molar-refractivity contribution is 5.60. The van der Waals surface area contributed by atoms with Crippen molar-refractivity contribution in [2.45, 2.75) is 71.1 Å². The molecule has 0 N–H and O–H groups in total. The molecule has 14 heavy (non-hydrogen) atoms. The minimum absolute atomic E-state index is 0.907. The van der Waals surface area contributed by atoms with Crippen LogP contribution in [0.15, 0.2) is 0 Å². The normalized spacial score (nSPS) is 10.4. The maximum atomic E-state index is 9.98. The summed E-state index contributed by atoms with van der Waals surface area (Å²) in [6, 6.07) is 0. The molecule has 0 aromatic carbocycles. The van der Waals surface area contributed by atoms with E-state index in [1.54, 1.807) is 6.42 Å². The van der Waals surface area contributed by atoms with E-state index in [4.69, 9.17) is 0 Å². The topological polar surface area (TPSA) is 17.1 Å². The van der Waals surface area contributed by atoms with Gasteiger partial charge in [0.1, 0.15) is 6.29 Å². The average Bonchev–Trinajstić information content (AvgIpc) is 2.21. The van der Waals surface area contributed by atoms with E-state index in [1.165, 1.54) is 57.8 Å². The van der Waals surface area contributed by atoms with E-state index in [-0.39, 0.29) is 0 Å². The number of hydrogen-bond acceptors (Lipinski definition) is 1. The van der Waals surface area contributed by atoms with Crippen LogP contribution in [0.5, 0.6) is 0 Å². The third-order valence-electron chi connectivity index (χ3n) is 2.57. The number of carbonyl (C=O) groups is 1. The first-order valence-corrected chi connectivity index (χ1v) is 6.18. The van der Waals surface area contributed by atoms with Crippen LogP contribution >= 0.6 is 0 Å². The van der Waals surface area contributed by atoms with Gasteiger partial charge in [-0.05, 0) is 6.42 Å². The molecule has 1 heteroatoms. The molecule has 1 nitrogen and oxygen atoms in total. The van der Waals surface area contributed by atoms with Gasteiger partial charge in [-0.1, -0.05) is 64.7 Å². The Morgan fingerprint density at radius 2 is 1.29 bits per heavy atom. The number of rotatable bonds is 11. The fourth-order valence-corrected chi connectivity index (χ4v) is 1.64. The first kappa shape index (κ1) is 13.7. The van der Waals surface area contributed by atoms with Crippen molar-refractivity contribution in [2.75, 3.05) is 0 Å². The molecule has 0 rings (SSSR count). The van der Waals surface area contributed by atoms with Gasteiger partial charge in [0.15, 0.2) is 0 Å². The second-order valence-corrected chi connectivity index (χ2v) is 3.99. The highest BCUT2D eigenvalue weighted by Gasteiger charge is 1.91. The molecule has 0 unspecified atom stereocenters. The molecule has 0 aliphatic heterocycles. The van der Waals surface area contributed by atoms with Gasteiger partial charge in [-0.15, -0.1) is 0 Å². The fraction of sp³-hybridized carbons (Fsp3) is 0.846. The number of aldehydes is 1. The molecule has 0 heterocycles. The Balaban J connectivity index is 2.81. The summed E-state index contributed by atoms with van der Waals surface area (Å²) in [5.74, 6) is 0. The first-order valence-electron chi connectivity index (χ1n) is 6.18. The molecular formula is C13H25O. The Bertz CT molecular complexity index is 110. The van der Waals surface area contributed by atoms with Crippen LogP contribution in [0.3, 0.4) is 0 Å².